The fraction of sp³-hybridized carbons (Fsp3) is 0.200. The normalized spacial score (nSPS) is 10.6. The number of aryl methyl sites for hydroxylation is 1. The van der Waals surface area contributed by atoms with Crippen molar-refractivity contribution < 1.29 is 8.78 Å². The van der Waals surface area contributed by atoms with Gasteiger partial charge in [0.1, 0.15) is 11.6 Å². The van der Waals surface area contributed by atoms with Crippen LogP contribution in [0.15, 0.2) is 67.3 Å². The van der Waals surface area contributed by atoms with E-state index in [4.69, 9.17) is 12.2 Å². The van der Waals surface area contributed by atoms with Crippen LogP contribution in [0.2, 0.25) is 0 Å². The molecular formula is C20H20F2N4S. The van der Waals surface area contributed by atoms with Crippen molar-refractivity contribution in [1.82, 2.24) is 14.5 Å². The Morgan fingerprint density at radius 2 is 1.93 bits per heavy atom. The van der Waals surface area contributed by atoms with Gasteiger partial charge in [0.05, 0.1) is 6.33 Å². The van der Waals surface area contributed by atoms with E-state index in [1.54, 1.807) is 30.7 Å². The molecule has 0 saturated carbocycles. The molecular weight excluding hydrogens is 366 g/mol. The van der Waals surface area contributed by atoms with Gasteiger partial charge >= 0.3 is 0 Å². The van der Waals surface area contributed by atoms with E-state index < -0.39 is 0 Å². The van der Waals surface area contributed by atoms with Gasteiger partial charge in [0.15, 0.2) is 5.11 Å². The minimum Gasteiger partial charge on any atom is -0.345 e. The molecule has 2 aromatic carbocycles. The van der Waals surface area contributed by atoms with Crippen LogP contribution in [0.4, 0.5) is 14.5 Å². The van der Waals surface area contributed by atoms with Crippen LogP contribution in [0.3, 0.4) is 0 Å². The van der Waals surface area contributed by atoms with Gasteiger partial charge in [-0.2, -0.15) is 0 Å². The van der Waals surface area contributed by atoms with Crippen molar-refractivity contribution in [2.45, 2.75) is 19.5 Å². The average molecular weight is 386 g/mol. The Balaban J connectivity index is 1.66. The van der Waals surface area contributed by atoms with Crippen LogP contribution >= 0.6 is 12.2 Å². The highest BCUT2D eigenvalue weighted by Gasteiger charge is 2.11. The molecule has 0 spiro atoms. The predicted octanol–water partition coefficient (Wildman–Crippen LogP) is 4.45. The molecule has 7 heteroatoms. The number of thiocarbonyl (C=S) groups is 1. The van der Waals surface area contributed by atoms with E-state index in [2.05, 4.69) is 10.3 Å². The fourth-order valence-corrected chi connectivity index (χ4v) is 2.98. The first-order valence-corrected chi connectivity index (χ1v) is 9.03. The molecule has 0 atom stereocenters. The Hall–Kier alpha value is -2.80. The number of nitrogens with one attached hydrogen (secondary N) is 1. The number of nitrogens with zero attached hydrogens (tertiary/aromatic N) is 3. The minimum atomic E-state index is -0.302. The third kappa shape index (κ3) is 5.86. The van der Waals surface area contributed by atoms with Crippen molar-refractivity contribution >= 4 is 23.0 Å². The summed E-state index contributed by atoms with van der Waals surface area (Å²) in [4.78, 5) is 6.01. The van der Waals surface area contributed by atoms with Gasteiger partial charge in [0, 0.05) is 37.7 Å². The molecule has 0 fully saturated rings. The van der Waals surface area contributed by atoms with Crippen LogP contribution < -0.4 is 5.32 Å². The first-order valence-electron chi connectivity index (χ1n) is 8.62. The molecule has 0 bridgehead atoms. The summed E-state index contributed by atoms with van der Waals surface area (Å²) in [7, 11) is 0. The van der Waals surface area contributed by atoms with Gasteiger partial charge in [-0.25, -0.2) is 13.8 Å². The molecule has 0 saturated heterocycles. The van der Waals surface area contributed by atoms with Crippen LogP contribution in [-0.4, -0.2) is 26.1 Å². The topological polar surface area (TPSA) is 33.1 Å². The maximum absolute atomic E-state index is 13.5. The van der Waals surface area contributed by atoms with Crippen molar-refractivity contribution in [2.75, 3.05) is 11.9 Å². The SMILES string of the molecule is Fc1ccc(NC(=S)N(CCCn2ccnc2)Cc2cccc(F)c2)cc1. The number of aromatic nitrogens is 2. The van der Waals surface area contributed by atoms with E-state index in [0.717, 1.165) is 18.5 Å². The molecule has 27 heavy (non-hydrogen) atoms. The lowest BCUT2D eigenvalue weighted by Gasteiger charge is -2.26. The monoisotopic (exact) mass is 386 g/mol. The highest BCUT2D eigenvalue weighted by molar-refractivity contribution is 7.80. The molecule has 0 aliphatic carbocycles. The summed E-state index contributed by atoms with van der Waals surface area (Å²) < 4.78 is 28.6. The molecule has 0 unspecified atom stereocenters. The van der Waals surface area contributed by atoms with Crippen molar-refractivity contribution in [3.05, 3.63) is 84.4 Å². The zero-order valence-corrected chi connectivity index (χ0v) is 15.5. The number of anilines is 1. The average Bonchev–Trinajstić information content (AvgIpc) is 3.16. The van der Waals surface area contributed by atoms with E-state index in [0.29, 0.717) is 23.9 Å². The molecule has 4 nitrogen and oxygen atoms in total. The van der Waals surface area contributed by atoms with Gasteiger partial charge in [-0.05, 0) is 60.6 Å². The van der Waals surface area contributed by atoms with Crippen LogP contribution in [0.1, 0.15) is 12.0 Å². The van der Waals surface area contributed by atoms with Crippen molar-refractivity contribution in [2.24, 2.45) is 0 Å². The largest absolute Gasteiger partial charge is 0.345 e. The molecule has 0 aliphatic heterocycles. The standard InChI is InChI=1S/C20H20F2N4S/c21-17-5-7-19(8-6-17)24-20(27)26(11-2-10-25-12-9-23-15-25)14-16-3-1-4-18(22)13-16/h1,3-9,12-13,15H,2,10-11,14H2,(H,24,27). The molecule has 0 amide bonds. The van der Waals surface area contributed by atoms with Gasteiger partial charge < -0.3 is 14.8 Å². The van der Waals surface area contributed by atoms with E-state index in [9.17, 15) is 8.78 Å². The van der Waals surface area contributed by atoms with Crippen molar-refractivity contribution in [3.63, 3.8) is 0 Å². The van der Waals surface area contributed by atoms with Gasteiger partial charge in [-0.15, -0.1) is 0 Å². The van der Waals surface area contributed by atoms with Crippen LogP contribution in [-0.2, 0) is 13.1 Å². The first kappa shape index (κ1) is 19.0. The highest BCUT2D eigenvalue weighted by Crippen LogP contribution is 2.13. The highest BCUT2D eigenvalue weighted by atomic mass is 32.1. The van der Waals surface area contributed by atoms with Crippen LogP contribution in [0.5, 0.6) is 0 Å². The number of benzene rings is 2. The van der Waals surface area contributed by atoms with Gasteiger partial charge in [-0.1, -0.05) is 12.1 Å². The summed E-state index contributed by atoms with van der Waals surface area (Å²) in [5, 5.41) is 3.64. The second-order valence-corrected chi connectivity index (χ2v) is 6.53. The Morgan fingerprint density at radius 3 is 2.63 bits per heavy atom. The Labute approximate surface area is 162 Å². The summed E-state index contributed by atoms with van der Waals surface area (Å²) in [5.41, 5.74) is 1.54. The summed E-state index contributed by atoms with van der Waals surface area (Å²) in [6.45, 7) is 1.97. The Kier molecular flexibility index (Phi) is 6.49. The summed E-state index contributed by atoms with van der Waals surface area (Å²) in [5.74, 6) is -0.577. The maximum Gasteiger partial charge on any atom is 0.173 e. The molecule has 1 heterocycles. The first-order chi connectivity index (χ1) is 13.1. The second kappa shape index (κ2) is 9.23. The lowest BCUT2D eigenvalue weighted by atomic mass is 10.2. The molecule has 0 aliphatic rings. The molecule has 1 N–H and O–H groups in total. The third-order valence-electron chi connectivity index (χ3n) is 4.05. The molecule has 0 radical (unpaired) electrons. The van der Waals surface area contributed by atoms with Crippen LogP contribution in [0, 0.1) is 11.6 Å². The Morgan fingerprint density at radius 1 is 1.11 bits per heavy atom. The number of hydrogen-bond donors (Lipinski definition) is 1. The van der Waals surface area contributed by atoms with Gasteiger partial charge in [-0.3, -0.25) is 0 Å². The fourth-order valence-electron chi connectivity index (χ4n) is 2.71. The van der Waals surface area contributed by atoms with Gasteiger partial charge in [0.2, 0.25) is 0 Å². The smallest absolute Gasteiger partial charge is 0.173 e. The Bertz CT molecular complexity index is 866. The van der Waals surface area contributed by atoms with Crippen LogP contribution in [0.25, 0.3) is 0 Å². The van der Waals surface area contributed by atoms with E-state index in [1.807, 2.05) is 21.7 Å². The zero-order chi connectivity index (χ0) is 19.1. The lowest BCUT2D eigenvalue weighted by Crippen LogP contribution is -2.35. The summed E-state index contributed by atoms with van der Waals surface area (Å²) >= 11 is 5.54. The lowest BCUT2D eigenvalue weighted by molar-refractivity contribution is 0.395. The molecule has 140 valence electrons. The third-order valence-corrected chi connectivity index (χ3v) is 4.41. The molecule has 3 rings (SSSR count). The number of imidazole rings is 1. The number of rotatable bonds is 7. The minimum absolute atomic E-state index is 0.275. The molecule has 1 aromatic heterocycles. The summed E-state index contributed by atoms with van der Waals surface area (Å²) in [6, 6.07) is 12.5. The predicted molar refractivity (Wildman–Crippen MR) is 106 cm³/mol. The zero-order valence-electron chi connectivity index (χ0n) is 14.7. The van der Waals surface area contributed by atoms with Gasteiger partial charge in [0.25, 0.3) is 0 Å². The van der Waals surface area contributed by atoms with Crippen molar-refractivity contribution in [3.8, 4) is 0 Å². The second-order valence-electron chi connectivity index (χ2n) is 6.14. The number of hydrogen-bond acceptors (Lipinski definition) is 2. The quantitative estimate of drug-likeness (QED) is 0.608. The van der Waals surface area contributed by atoms with E-state index in [-0.39, 0.29) is 11.6 Å². The number of halogens is 2. The summed E-state index contributed by atoms with van der Waals surface area (Å²) in [6.07, 6.45) is 6.26. The van der Waals surface area contributed by atoms with Crippen molar-refractivity contribution in [1.29, 1.82) is 0 Å². The molecule has 3 aromatic rings. The van der Waals surface area contributed by atoms with E-state index in [1.165, 1.54) is 24.3 Å². The maximum atomic E-state index is 13.5. The van der Waals surface area contributed by atoms with E-state index >= 15 is 0 Å².